The third kappa shape index (κ3) is 3.90. The molecule has 4 heteroatoms. The van der Waals surface area contributed by atoms with Crippen LogP contribution in [-0.2, 0) is 0 Å². The second-order valence-electron chi connectivity index (χ2n) is 10.1. The van der Waals surface area contributed by atoms with Crippen molar-refractivity contribution in [1.29, 1.82) is 0 Å². The van der Waals surface area contributed by atoms with Gasteiger partial charge in [0.2, 0.25) is 0 Å². The normalized spacial score (nSPS) is 17.8. The zero-order valence-electron chi connectivity index (χ0n) is 22.1. The van der Waals surface area contributed by atoms with Crippen LogP contribution in [-0.4, -0.2) is 28.4 Å². The molecule has 5 aromatic rings. The SMILES string of the molecule is CC1=NCC(S(c2ccccc2)(c2ccccc2)c2ccc3c(c2)c2ccccc2n3C2=CC=CCC2)C=N1. The number of para-hydroxylation sites is 1. The van der Waals surface area contributed by atoms with E-state index >= 15 is 0 Å². The lowest BCUT2D eigenvalue weighted by Gasteiger charge is -2.46. The van der Waals surface area contributed by atoms with E-state index in [2.05, 4.69) is 132 Å². The molecule has 7 rings (SSSR count). The predicted octanol–water partition coefficient (Wildman–Crippen LogP) is 9.14. The molecule has 0 spiro atoms. The first kappa shape index (κ1) is 23.9. The minimum absolute atomic E-state index is 0.156. The number of amidine groups is 1. The molecule has 1 atom stereocenters. The van der Waals surface area contributed by atoms with Crippen molar-refractivity contribution in [2.45, 2.75) is 39.7 Å². The van der Waals surface area contributed by atoms with Crippen LogP contribution in [0.5, 0.6) is 0 Å². The number of aromatic nitrogens is 1. The molecule has 0 bridgehead atoms. The summed E-state index contributed by atoms with van der Waals surface area (Å²) >= 11 is 0. The summed E-state index contributed by atoms with van der Waals surface area (Å²) in [5.74, 6) is 0.856. The Labute approximate surface area is 231 Å². The molecule has 0 N–H and O–H groups in total. The predicted molar refractivity (Wildman–Crippen MR) is 168 cm³/mol. The lowest BCUT2D eigenvalue weighted by molar-refractivity contribution is 0.979. The Morgan fingerprint density at radius 3 is 2.10 bits per heavy atom. The van der Waals surface area contributed by atoms with Crippen molar-refractivity contribution < 1.29 is 0 Å². The van der Waals surface area contributed by atoms with Gasteiger partial charge >= 0.3 is 0 Å². The third-order valence-electron chi connectivity index (χ3n) is 7.91. The first-order valence-corrected chi connectivity index (χ1v) is 15.3. The molecule has 1 aromatic heterocycles. The molecular formula is C35H31N3S. The van der Waals surface area contributed by atoms with Crippen molar-refractivity contribution in [3.05, 3.63) is 121 Å². The molecule has 1 aliphatic carbocycles. The number of benzene rings is 4. The average Bonchev–Trinajstić information content (AvgIpc) is 3.34. The number of hydrogen-bond acceptors (Lipinski definition) is 2. The number of nitrogens with zero attached hydrogens (tertiary/aromatic N) is 3. The molecule has 0 saturated carbocycles. The van der Waals surface area contributed by atoms with Crippen LogP contribution in [0.3, 0.4) is 0 Å². The fourth-order valence-corrected chi connectivity index (χ4v) is 10.3. The van der Waals surface area contributed by atoms with Crippen LogP contribution in [0.15, 0.2) is 146 Å². The van der Waals surface area contributed by atoms with E-state index in [4.69, 9.17) is 9.98 Å². The van der Waals surface area contributed by atoms with Gasteiger partial charge in [0, 0.05) is 22.7 Å². The standard InChI is InChI=1S/C35H31N3S/c1-26-36-24-31(25-37-26)39(28-15-7-3-8-16-28,29-17-9-4-10-18-29)30-21-22-35-33(23-30)32-19-11-12-20-34(32)38(35)27-13-5-2-6-14-27/h2-5,7-13,15-24,31H,6,14,25H2,1H3. The van der Waals surface area contributed by atoms with Gasteiger partial charge in [0.1, 0.15) is 5.84 Å². The first-order chi connectivity index (χ1) is 19.3. The highest BCUT2D eigenvalue weighted by atomic mass is 32.3. The lowest BCUT2D eigenvalue weighted by atomic mass is 10.1. The summed E-state index contributed by atoms with van der Waals surface area (Å²) in [7, 11) is -1.72. The monoisotopic (exact) mass is 525 g/mol. The number of fused-ring (bicyclic) bond motifs is 3. The van der Waals surface area contributed by atoms with Gasteiger partial charge in [-0.25, -0.2) is 4.99 Å². The Hall–Kier alpha value is -4.15. The van der Waals surface area contributed by atoms with Crippen molar-refractivity contribution >= 4 is 49.6 Å². The Balaban J connectivity index is 1.55. The van der Waals surface area contributed by atoms with E-state index in [1.807, 2.05) is 6.92 Å². The summed E-state index contributed by atoms with van der Waals surface area (Å²) in [6, 6.07) is 38.1. The van der Waals surface area contributed by atoms with E-state index in [1.54, 1.807) is 0 Å². The minimum atomic E-state index is -1.72. The Morgan fingerprint density at radius 1 is 0.744 bits per heavy atom. The van der Waals surface area contributed by atoms with Crippen LogP contribution in [0.1, 0.15) is 19.8 Å². The van der Waals surface area contributed by atoms with Gasteiger partial charge in [0.05, 0.1) is 22.8 Å². The van der Waals surface area contributed by atoms with Gasteiger partial charge in [0.25, 0.3) is 0 Å². The molecule has 2 heterocycles. The van der Waals surface area contributed by atoms with E-state index < -0.39 is 10.0 Å². The second-order valence-corrected chi connectivity index (χ2v) is 13.5. The van der Waals surface area contributed by atoms with Gasteiger partial charge < -0.3 is 4.57 Å². The molecule has 192 valence electrons. The lowest BCUT2D eigenvalue weighted by Crippen LogP contribution is -2.27. The van der Waals surface area contributed by atoms with Crippen LogP contribution in [0.4, 0.5) is 0 Å². The Bertz CT molecular complexity index is 1750. The summed E-state index contributed by atoms with van der Waals surface area (Å²) in [6.45, 7) is 2.72. The van der Waals surface area contributed by atoms with Gasteiger partial charge in [-0.1, -0.05) is 66.7 Å². The average molecular weight is 526 g/mol. The highest BCUT2D eigenvalue weighted by Gasteiger charge is 2.39. The molecule has 3 nitrogen and oxygen atoms in total. The van der Waals surface area contributed by atoms with Crippen LogP contribution in [0, 0.1) is 0 Å². The van der Waals surface area contributed by atoms with Crippen molar-refractivity contribution in [2.24, 2.45) is 9.98 Å². The van der Waals surface area contributed by atoms with Crippen LogP contribution < -0.4 is 0 Å². The van der Waals surface area contributed by atoms with Crippen molar-refractivity contribution in [3.63, 3.8) is 0 Å². The number of rotatable bonds is 5. The van der Waals surface area contributed by atoms with Crippen LogP contribution in [0.25, 0.3) is 27.5 Å². The fraction of sp³-hybridized carbons (Fsp3) is 0.143. The van der Waals surface area contributed by atoms with E-state index in [0.717, 1.165) is 25.2 Å². The van der Waals surface area contributed by atoms with Crippen LogP contribution >= 0.6 is 10.0 Å². The molecule has 0 fully saturated rings. The number of hydrogen-bond donors (Lipinski definition) is 0. The topological polar surface area (TPSA) is 29.6 Å². The summed E-state index contributed by atoms with van der Waals surface area (Å²) in [6.07, 6.45) is 11.0. The highest BCUT2D eigenvalue weighted by Crippen LogP contribution is 2.71. The molecule has 39 heavy (non-hydrogen) atoms. The molecule has 4 aromatic carbocycles. The maximum Gasteiger partial charge on any atom is 0.119 e. The molecule has 1 unspecified atom stereocenters. The first-order valence-electron chi connectivity index (χ1n) is 13.6. The largest absolute Gasteiger partial charge is 0.313 e. The maximum atomic E-state index is 4.85. The molecular weight excluding hydrogens is 494 g/mol. The minimum Gasteiger partial charge on any atom is -0.313 e. The van der Waals surface area contributed by atoms with Gasteiger partial charge in [-0.05, 0) is 89.1 Å². The van der Waals surface area contributed by atoms with Crippen molar-refractivity contribution in [3.8, 4) is 0 Å². The Morgan fingerprint density at radius 2 is 1.44 bits per heavy atom. The van der Waals surface area contributed by atoms with Gasteiger partial charge in [-0.2, -0.15) is 10.0 Å². The van der Waals surface area contributed by atoms with E-state index in [0.29, 0.717) is 0 Å². The fourth-order valence-electron chi connectivity index (χ4n) is 6.15. The molecule has 1 aliphatic heterocycles. The van der Waals surface area contributed by atoms with Gasteiger partial charge in [-0.3, -0.25) is 4.99 Å². The zero-order chi connectivity index (χ0) is 26.2. The highest BCUT2D eigenvalue weighted by molar-refractivity contribution is 8.34. The maximum absolute atomic E-state index is 4.85. The third-order valence-corrected chi connectivity index (χ3v) is 12.1. The van der Waals surface area contributed by atoms with E-state index in [-0.39, 0.29) is 5.25 Å². The van der Waals surface area contributed by atoms with Gasteiger partial charge in [-0.15, -0.1) is 0 Å². The zero-order valence-corrected chi connectivity index (χ0v) is 22.9. The summed E-state index contributed by atoms with van der Waals surface area (Å²) in [5.41, 5.74) is 3.89. The van der Waals surface area contributed by atoms with Crippen LogP contribution in [0.2, 0.25) is 0 Å². The van der Waals surface area contributed by atoms with Crippen molar-refractivity contribution in [1.82, 2.24) is 4.57 Å². The summed E-state index contributed by atoms with van der Waals surface area (Å²) in [4.78, 5) is 13.6. The smallest absolute Gasteiger partial charge is 0.119 e. The molecule has 0 saturated heterocycles. The molecule has 0 radical (unpaired) electrons. The number of allylic oxidation sites excluding steroid dienone is 4. The van der Waals surface area contributed by atoms with Gasteiger partial charge in [0.15, 0.2) is 0 Å². The van der Waals surface area contributed by atoms with Crippen molar-refractivity contribution in [2.75, 3.05) is 6.54 Å². The Kier molecular flexibility index (Phi) is 6.05. The van der Waals surface area contributed by atoms with E-state index in [9.17, 15) is 0 Å². The molecule has 2 aliphatic rings. The number of aliphatic imine (C=N–C) groups is 2. The quantitative estimate of drug-likeness (QED) is 0.219. The molecule has 0 amide bonds. The summed E-state index contributed by atoms with van der Waals surface area (Å²) in [5, 5.41) is 2.75. The van der Waals surface area contributed by atoms with E-state index in [1.165, 1.54) is 42.2 Å². The summed E-state index contributed by atoms with van der Waals surface area (Å²) < 4.78 is 2.47. The second kappa shape index (κ2) is 9.87.